The molecule has 0 aliphatic rings. The van der Waals surface area contributed by atoms with Crippen molar-refractivity contribution in [2.24, 2.45) is 0 Å². The van der Waals surface area contributed by atoms with Crippen molar-refractivity contribution in [2.45, 2.75) is 98.1 Å². The molecule has 1 amide bonds. The normalized spacial score (nSPS) is 12.3. The zero-order valence-electron chi connectivity index (χ0n) is 32.9. The number of aromatic nitrogens is 3. The molecule has 0 radical (unpaired) electrons. The molecule has 0 aliphatic heterocycles. The summed E-state index contributed by atoms with van der Waals surface area (Å²) in [5, 5.41) is 6.58. The lowest BCUT2D eigenvalue weighted by atomic mass is 10.1. The lowest BCUT2D eigenvalue weighted by Crippen LogP contribution is -2.45. The number of pyridine rings is 1. The van der Waals surface area contributed by atoms with E-state index in [1.807, 2.05) is 111 Å². The highest BCUT2D eigenvalue weighted by Crippen LogP contribution is 2.26. The highest BCUT2D eigenvalue weighted by atomic mass is 32.1. The highest BCUT2D eigenvalue weighted by Gasteiger charge is 2.27. The summed E-state index contributed by atoms with van der Waals surface area (Å²) in [5.41, 5.74) is 1.54. The van der Waals surface area contributed by atoms with Crippen LogP contribution in [0.25, 0.3) is 11.3 Å². The van der Waals surface area contributed by atoms with Crippen molar-refractivity contribution in [1.82, 2.24) is 25.2 Å². The van der Waals surface area contributed by atoms with E-state index in [9.17, 15) is 9.59 Å². The smallest absolute Gasteiger partial charge is 0.410 e. The molecule has 2 aromatic heterocycles. The summed E-state index contributed by atoms with van der Waals surface area (Å²) in [4.78, 5) is 42.7. The first-order chi connectivity index (χ1) is 23.7. The van der Waals surface area contributed by atoms with Gasteiger partial charge in [0, 0.05) is 62.9 Å². The van der Waals surface area contributed by atoms with Gasteiger partial charge in [0.05, 0.1) is 25.0 Å². The van der Waals surface area contributed by atoms with Gasteiger partial charge < -0.3 is 34.1 Å². The van der Waals surface area contributed by atoms with Gasteiger partial charge in [-0.3, -0.25) is 10.1 Å². The summed E-state index contributed by atoms with van der Waals surface area (Å²) in [5.74, 6) is 1.50. The van der Waals surface area contributed by atoms with Crippen LogP contribution in [0.15, 0.2) is 48.8 Å². The van der Waals surface area contributed by atoms with Crippen LogP contribution in [-0.2, 0) is 25.5 Å². The first kappa shape index (κ1) is 44.0. The van der Waals surface area contributed by atoms with Gasteiger partial charge in [-0.15, -0.1) is 0 Å². The summed E-state index contributed by atoms with van der Waals surface area (Å²) in [6.07, 6.45) is 3.91. The van der Waals surface area contributed by atoms with E-state index < -0.39 is 22.8 Å². The Balaban J connectivity index is 0.00000936. The predicted molar refractivity (Wildman–Crippen MR) is 211 cm³/mol. The Hall–Kier alpha value is -4.14. The summed E-state index contributed by atoms with van der Waals surface area (Å²) in [6.45, 7) is 18.7. The number of ether oxygens (including phenoxy) is 4. The first-order valence-electron chi connectivity index (χ1n) is 17.2. The second-order valence-electron chi connectivity index (χ2n) is 15.4. The molecule has 13 nitrogen and oxygen atoms in total. The average Bonchev–Trinajstić information content (AvgIpc) is 3.02. The van der Waals surface area contributed by atoms with Crippen molar-refractivity contribution < 1.29 is 28.5 Å². The van der Waals surface area contributed by atoms with Gasteiger partial charge in [-0.2, -0.15) is 13.5 Å². The molecule has 0 saturated heterocycles. The van der Waals surface area contributed by atoms with Gasteiger partial charge in [0.1, 0.15) is 28.8 Å². The van der Waals surface area contributed by atoms with Crippen LogP contribution in [0.1, 0.15) is 74.3 Å². The molecule has 14 heteroatoms. The van der Waals surface area contributed by atoms with Crippen LogP contribution in [0.5, 0.6) is 5.75 Å². The molecule has 288 valence electrons. The maximum Gasteiger partial charge on any atom is 0.410 e. The lowest BCUT2D eigenvalue weighted by molar-refractivity contribution is -0.160. The Bertz CT molecular complexity index is 1590. The van der Waals surface area contributed by atoms with E-state index in [4.69, 9.17) is 23.9 Å². The Morgan fingerprint density at radius 1 is 0.865 bits per heavy atom. The molecule has 52 heavy (non-hydrogen) atoms. The van der Waals surface area contributed by atoms with Crippen molar-refractivity contribution in [3.8, 4) is 17.0 Å². The number of hydrogen-bond donors (Lipinski definition) is 2. The van der Waals surface area contributed by atoms with Crippen molar-refractivity contribution in [3.63, 3.8) is 0 Å². The number of esters is 1. The second kappa shape index (κ2) is 19.1. The molecule has 0 saturated carbocycles. The number of rotatable bonds is 15. The molecule has 0 spiro atoms. The number of carbonyl (C=O) groups is 2. The van der Waals surface area contributed by atoms with E-state index in [2.05, 4.69) is 20.6 Å². The van der Waals surface area contributed by atoms with Crippen LogP contribution < -0.4 is 20.3 Å². The first-order valence-corrected chi connectivity index (χ1v) is 17.2. The monoisotopic (exact) mass is 741 g/mol. The molecular formula is C38H59N7O6S. The molecule has 1 aromatic carbocycles. The molecule has 1 unspecified atom stereocenters. The third-order valence-corrected chi connectivity index (χ3v) is 7.23. The zero-order chi connectivity index (χ0) is 38.0. The molecule has 0 bridgehead atoms. The third kappa shape index (κ3) is 15.2. The van der Waals surface area contributed by atoms with Gasteiger partial charge in [-0.1, -0.05) is 0 Å². The number of methoxy groups -OCH3 is 1. The fourth-order valence-corrected chi connectivity index (χ4v) is 4.71. The van der Waals surface area contributed by atoms with Gasteiger partial charge in [0.25, 0.3) is 0 Å². The number of nitrogens with one attached hydrogen (secondary N) is 2. The molecule has 3 rings (SSSR count). The van der Waals surface area contributed by atoms with Crippen LogP contribution in [0, 0.1) is 0 Å². The van der Waals surface area contributed by atoms with E-state index in [0.29, 0.717) is 37.0 Å². The van der Waals surface area contributed by atoms with Gasteiger partial charge in [0.2, 0.25) is 5.95 Å². The van der Waals surface area contributed by atoms with Gasteiger partial charge in [0.15, 0.2) is 0 Å². The maximum absolute atomic E-state index is 13.0. The summed E-state index contributed by atoms with van der Waals surface area (Å²) >= 11 is 0. The van der Waals surface area contributed by atoms with Gasteiger partial charge in [-0.25, -0.2) is 19.7 Å². The van der Waals surface area contributed by atoms with E-state index in [-0.39, 0.29) is 32.2 Å². The van der Waals surface area contributed by atoms with Crippen LogP contribution >= 0.6 is 13.5 Å². The molecular weight excluding hydrogens is 683 g/mol. The summed E-state index contributed by atoms with van der Waals surface area (Å²) < 4.78 is 22.6. The summed E-state index contributed by atoms with van der Waals surface area (Å²) in [7, 11) is 5.32. The second-order valence-corrected chi connectivity index (χ2v) is 15.4. The Kier molecular flexibility index (Phi) is 16.2. The quantitative estimate of drug-likeness (QED) is 0.160. The van der Waals surface area contributed by atoms with Crippen molar-refractivity contribution in [1.29, 1.82) is 0 Å². The third-order valence-electron chi connectivity index (χ3n) is 7.23. The number of amides is 1. The number of nitrogens with zero attached hydrogens (tertiary/aromatic N) is 5. The van der Waals surface area contributed by atoms with Gasteiger partial charge >= 0.3 is 12.1 Å². The fourth-order valence-electron chi connectivity index (χ4n) is 4.71. The molecule has 3 aromatic rings. The Labute approximate surface area is 316 Å². The number of carbonyl (C=O) groups excluding carboxylic acids is 2. The lowest BCUT2D eigenvalue weighted by Gasteiger charge is -2.27. The summed E-state index contributed by atoms with van der Waals surface area (Å²) in [6, 6.07) is 10.7. The van der Waals surface area contributed by atoms with Crippen molar-refractivity contribution >= 4 is 43.0 Å². The van der Waals surface area contributed by atoms with Crippen LogP contribution in [0.4, 0.5) is 22.2 Å². The highest BCUT2D eigenvalue weighted by molar-refractivity contribution is 7.59. The SMILES string of the molecule is COc1ccc(Nc2nccc(-c3ccc(N(C)CCCN(C)C(=O)OC(C)(C)C)nc3)n2)cc1CNC(COC(C)(C)C)C(=O)OC(C)(C)C.S. The van der Waals surface area contributed by atoms with Crippen LogP contribution in [-0.4, -0.2) is 95.7 Å². The van der Waals surface area contributed by atoms with E-state index in [1.165, 1.54) is 0 Å². The van der Waals surface area contributed by atoms with E-state index >= 15 is 0 Å². The van der Waals surface area contributed by atoms with Crippen LogP contribution in [0.3, 0.4) is 0 Å². The minimum atomic E-state index is -0.685. The van der Waals surface area contributed by atoms with Crippen LogP contribution in [0.2, 0.25) is 0 Å². The largest absolute Gasteiger partial charge is 0.496 e. The standard InChI is InChI=1S/C38H57N7O6.H2S/c1-36(2,3)49-25-30(33(46)50-37(4,5)6)40-24-27-22-28(15-16-31(27)48-12)42-34-39-19-18-29(43-34)26-14-17-32(41-23-26)44(10)20-13-21-45(11)35(47)51-38(7,8)9;/h14-19,22-23,30,40H,13,20-21,24-25H2,1-12H3,(H,39,42,43);1H2. The van der Waals surface area contributed by atoms with Crippen molar-refractivity contribution in [2.75, 3.05) is 51.1 Å². The molecule has 0 fully saturated rings. The topological polar surface area (TPSA) is 140 Å². The molecule has 0 aliphatic carbocycles. The Morgan fingerprint density at radius 2 is 1.56 bits per heavy atom. The molecule has 2 heterocycles. The minimum absolute atomic E-state index is 0. The minimum Gasteiger partial charge on any atom is -0.496 e. The zero-order valence-corrected chi connectivity index (χ0v) is 33.9. The van der Waals surface area contributed by atoms with E-state index in [0.717, 1.165) is 29.1 Å². The van der Waals surface area contributed by atoms with Gasteiger partial charge in [-0.05, 0) is 105 Å². The number of anilines is 3. The Morgan fingerprint density at radius 3 is 2.15 bits per heavy atom. The average molecular weight is 742 g/mol. The molecule has 1 atom stereocenters. The molecule has 2 N–H and O–H groups in total. The van der Waals surface area contributed by atoms with E-state index in [1.54, 1.807) is 31.5 Å². The number of benzene rings is 1. The maximum atomic E-state index is 13.0. The number of hydrogen-bond acceptors (Lipinski definition) is 12. The fraction of sp³-hybridized carbons (Fsp3) is 0.553. The van der Waals surface area contributed by atoms with Crippen molar-refractivity contribution in [3.05, 3.63) is 54.4 Å². The predicted octanol–water partition coefficient (Wildman–Crippen LogP) is 6.71.